The second-order valence-electron chi connectivity index (χ2n) is 3.26. The van der Waals surface area contributed by atoms with Gasteiger partial charge in [0.2, 0.25) is 5.91 Å². The van der Waals surface area contributed by atoms with Crippen LogP contribution in [0.1, 0.15) is 13.3 Å². The Kier molecular flexibility index (Phi) is 3.06. The molecule has 0 saturated carbocycles. The van der Waals surface area contributed by atoms with Crippen LogP contribution in [0.15, 0.2) is 35.3 Å². The van der Waals surface area contributed by atoms with E-state index in [4.69, 9.17) is 0 Å². The molecule has 1 fully saturated rings. The third-order valence-electron chi connectivity index (χ3n) is 2.13. The molecule has 1 aliphatic heterocycles. The monoisotopic (exact) mass is 220 g/mol. The van der Waals surface area contributed by atoms with Crippen LogP contribution in [0.4, 0.5) is 5.69 Å². The maximum absolute atomic E-state index is 11.4. The lowest BCUT2D eigenvalue weighted by molar-refractivity contribution is -0.118. The molecule has 0 aliphatic carbocycles. The third-order valence-corrected chi connectivity index (χ3v) is 3.38. The Morgan fingerprint density at radius 3 is 2.73 bits per heavy atom. The van der Waals surface area contributed by atoms with Crippen molar-refractivity contribution < 1.29 is 4.79 Å². The molecule has 0 bridgehead atoms. The number of hydrogen-bond acceptors (Lipinski definition) is 3. The highest BCUT2D eigenvalue weighted by atomic mass is 32.2. The minimum atomic E-state index is 0.0208. The number of carbonyl (C=O) groups is 1. The number of hydrogen-bond donors (Lipinski definition) is 1. The van der Waals surface area contributed by atoms with Gasteiger partial charge in [0.05, 0.1) is 10.9 Å². The Morgan fingerprint density at radius 1 is 1.40 bits per heavy atom. The number of nitrogens with one attached hydrogen (secondary N) is 1. The predicted molar refractivity (Wildman–Crippen MR) is 63.3 cm³/mol. The number of amidine groups is 1. The molecule has 1 aromatic carbocycles. The van der Waals surface area contributed by atoms with Crippen molar-refractivity contribution >= 4 is 28.5 Å². The molecule has 1 atom stereocenters. The second-order valence-corrected chi connectivity index (χ2v) is 4.45. The van der Waals surface area contributed by atoms with Gasteiger partial charge in [-0.05, 0) is 18.6 Å². The lowest BCUT2D eigenvalue weighted by Gasteiger charge is -1.96. The van der Waals surface area contributed by atoms with E-state index in [0.29, 0.717) is 5.17 Å². The molecule has 1 N–H and O–H groups in total. The number of thioether (sulfide) groups is 1. The summed E-state index contributed by atoms with van der Waals surface area (Å²) in [6.07, 6.45) is 0.838. The smallest absolute Gasteiger partial charge is 0.239 e. The minimum absolute atomic E-state index is 0.0208. The summed E-state index contributed by atoms with van der Waals surface area (Å²) < 4.78 is 0. The number of amides is 1. The van der Waals surface area contributed by atoms with E-state index in [1.807, 2.05) is 37.3 Å². The molecular weight excluding hydrogens is 208 g/mol. The molecule has 0 radical (unpaired) electrons. The van der Waals surface area contributed by atoms with E-state index >= 15 is 0 Å². The zero-order chi connectivity index (χ0) is 10.7. The van der Waals surface area contributed by atoms with Gasteiger partial charge in [0.15, 0.2) is 5.17 Å². The highest BCUT2D eigenvalue weighted by molar-refractivity contribution is 8.15. The normalized spacial score (nSPS) is 23.1. The predicted octanol–water partition coefficient (Wildman–Crippen LogP) is 2.32. The Hall–Kier alpha value is -1.29. The molecule has 78 valence electrons. The van der Waals surface area contributed by atoms with Gasteiger partial charge in [-0.25, -0.2) is 4.99 Å². The van der Waals surface area contributed by atoms with Crippen molar-refractivity contribution in [3.63, 3.8) is 0 Å². The first kappa shape index (κ1) is 10.2. The molecule has 15 heavy (non-hydrogen) atoms. The summed E-state index contributed by atoms with van der Waals surface area (Å²) in [6.45, 7) is 2.00. The summed E-state index contributed by atoms with van der Waals surface area (Å²) in [4.78, 5) is 15.7. The summed E-state index contributed by atoms with van der Waals surface area (Å²) >= 11 is 1.50. The van der Waals surface area contributed by atoms with E-state index in [-0.39, 0.29) is 11.2 Å². The molecule has 2 rings (SSSR count). The van der Waals surface area contributed by atoms with Gasteiger partial charge >= 0.3 is 0 Å². The summed E-state index contributed by atoms with van der Waals surface area (Å²) in [5.41, 5.74) is 0.872. The molecule has 1 saturated heterocycles. The van der Waals surface area contributed by atoms with Crippen LogP contribution in [0.5, 0.6) is 0 Å². The lowest BCUT2D eigenvalue weighted by Crippen LogP contribution is -2.24. The van der Waals surface area contributed by atoms with E-state index in [1.54, 1.807) is 0 Å². The fraction of sp³-hybridized carbons (Fsp3) is 0.273. The number of benzene rings is 1. The van der Waals surface area contributed by atoms with Crippen LogP contribution < -0.4 is 5.32 Å². The van der Waals surface area contributed by atoms with Gasteiger partial charge in [-0.15, -0.1) is 0 Å². The van der Waals surface area contributed by atoms with Crippen molar-refractivity contribution in [1.29, 1.82) is 0 Å². The number of para-hydroxylation sites is 1. The second kappa shape index (κ2) is 4.49. The molecule has 3 nitrogen and oxygen atoms in total. The van der Waals surface area contributed by atoms with Crippen LogP contribution in [0.2, 0.25) is 0 Å². The first-order valence-corrected chi connectivity index (χ1v) is 5.79. The first-order chi connectivity index (χ1) is 7.29. The third kappa shape index (κ3) is 2.39. The van der Waals surface area contributed by atoms with Crippen molar-refractivity contribution in [2.75, 3.05) is 0 Å². The number of rotatable bonds is 2. The molecule has 1 aliphatic rings. The molecule has 0 aromatic heterocycles. The van der Waals surface area contributed by atoms with Crippen LogP contribution in [-0.2, 0) is 4.79 Å². The summed E-state index contributed by atoms with van der Waals surface area (Å²) in [7, 11) is 0. The van der Waals surface area contributed by atoms with Gasteiger partial charge in [-0.2, -0.15) is 0 Å². The van der Waals surface area contributed by atoms with E-state index in [2.05, 4.69) is 10.3 Å². The van der Waals surface area contributed by atoms with Gasteiger partial charge in [-0.1, -0.05) is 36.9 Å². The first-order valence-electron chi connectivity index (χ1n) is 4.91. The topological polar surface area (TPSA) is 41.5 Å². The fourth-order valence-corrected chi connectivity index (χ4v) is 2.27. The van der Waals surface area contributed by atoms with E-state index in [0.717, 1.165) is 12.1 Å². The highest BCUT2D eigenvalue weighted by Crippen LogP contribution is 2.24. The summed E-state index contributed by atoms with van der Waals surface area (Å²) in [6, 6.07) is 9.63. The Bertz CT molecular complexity index is 389. The molecule has 4 heteroatoms. The Labute approximate surface area is 93.0 Å². The fourth-order valence-electron chi connectivity index (χ4n) is 1.35. The standard InChI is InChI=1S/C11H12N2OS/c1-2-9-10(14)13-11(15-9)12-8-6-4-3-5-7-8/h3-7,9H,2H2,1H3,(H,12,13,14)/t9-/m1/s1. The van der Waals surface area contributed by atoms with Crippen molar-refractivity contribution in [1.82, 2.24) is 5.32 Å². The minimum Gasteiger partial charge on any atom is -0.304 e. The lowest BCUT2D eigenvalue weighted by atomic mass is 10.3. The maximum Gasteiger partial charge on any atom is 0.239 e. The molecular formula is C11H12N2OS. The van der Waals surface area contributed by atoms with Crippen molar-refractivity contribution in [2.45, 2.75) is 18.6 Å². The molecule has 1 heterocycles. The maximum atomic E-state index is 11.4. The zero-order valence-corrected chi connectivity index (χ0v) is 9.25. The van der Waals surface area contributed by atoms with E-state index < -0.39 is 0 Å². The van der Waals surface area contributed by atoms with E-state index in [9.17, 15) is 4.79 Å². The van der Waals surface area contributed by atoms with Crippen molar-refractivity contribution in [3.8, 4) is 0 Å². The largest absolute Gasteiger partial charge is 0.304 e. The van der Waals surface area contributed by atoms with Gasteiger partial charge in [0.25, 0.3) is 0 Å². The number of aliphatic imine (C=N–C) groups is 1. The van der Waals surface area contributed by atoms with Gasteiger partial charge in [-0.3, -0.25) is 4.79 Å². The van der Waals surface area contributed by atoms with Crippen molar-refractivity contribution in [2.24, 2.45) is 4.99 Å². The quantitative estimate of drug-likeness (QED) is 0.831. The van der Waals surface area contributed by atoms with Gasteiger partial charge in [0, 0.05) is 0 Å². The Balaban J connectivity index is 2.14. The van der Waals surface area contributed by atoms with Crippen molar-refractivity contribution in [3.05, 3.63) is 30.3 Å². The van der Waals surface area contributed by atoms with Crippen LogP contribution >= 0.6 is 11.8 Å². The Morgan fingerprint density at radius 2 is 2.13 bits per heavy atom. The average molecular weight is 220 g/mol. The molecule has 1 aromatic rings. The van der Waals surface area contributed by atoms with Crippen LogP contribution in [0, 0.1) is 0 Å². The molecule has 1 amide bonds. The van der Waals surface area contributed by atoms with E-state index in [1.165, 1.54) is 11.8 Å². The summed E-state index contributed by atoms with van der Waals surface area (Å²) in [5, 5.41) is 3.50. The van der Waals surface area contributed by atoms with Crippen LogP contribution in [0.25, 0.3) is 0 Å². The van der Waals surface area contributed by atoms with Gasteiger partial charge < -0.3 is 5.32 Å². The zero-order valence-electron chi connectivity index (χ0n) is 8.43. The number of carbonyl (C=O) groups excluding carboxylic acids is 1. The van der Waals surface area contributed by atoms with Crippen LogP contribution in [-0.4, -0.2) is 16.3 Å². The van der Waals surface area contributed by atoms with Gasteiger partial charge in [0.1, 0.15) is 0 Å². The molecule has 0 spiro atoms. The highest BCUT2D eigenvalue weighted by Gasteiger charge is 2.28. The SMILES string of the molecule is CC[C@H]1SC(=Nc2ccccc2)NC1=O. The summed E-state index contributed by atoms with van der Waals surface area (Å²) in [5.74, 6) is 0.0668. The average Bonchev–Trinajstić information content (AvgIpc) is 2.60. The van der Waals surface area contributed by atoms with Crippen LogP contribution in [0.3, 0.4) is 0 Å². The molecule has 0 unspecified atom stereocenters. The number of nitrogens with zero attached hydrogens (tertiary/aromatic N) is 1.